The predicted octanol–water partition coefficient (Wildman–Crippen LogP) is 3.36. The largest absolute Gasteiger partial charge is 0.487 e. The van der Waals surface area contributed by atoms with Crippen LogP contribution in [0.4, 0.5) is 4.39 Å². The molecular formula is C17H19FN2O. The number of pyridine rings is 1. The molecule has 3 nitrogen and oxygen atoms in total. The van der Waals surface area contributed by atoms with Gasteiger partial charge in [-0.3, -0.25) is 4.98 Å². The lowest BCUT2D eigenvalue weighted by Crippen LogP contribution is -2.16. The van der Waals surface area contributed by atoms with Gasteiger partial charge in [0.15, 0.2) is 0 Å². The minimum atomic E-state index is -0.237. The highest BCUT2D eigenvalue weighted by Gasteiger charge is 2.20. The third-order valence-electron chi connectivity index (χ3n) is 3.65. The molecule has 0 radical (unpaired) electrons. The van der Waals surface area contributed by atoms with Crippen LogP contribution in [0, 0.1) is 12.7 Å². The molecule has 1 aromatic carbocycles. The minimum Gasteiger partial charge on any atom is -0.487 e. The molecule has 3 rings (SSSR count). The third-order valence-corrected chi connectivity index (χ3v) is 3.65. The lowest BCUT2D eigenvalue weighted by molar-refractivity contribution is 0.303. The average molecular weight is 286 g/mol. The summed E-state index contributed by atoms with van der Waals surface area (Å²) in [5.41, 5.74) is 2.89. The van der Waals surface area contributed by atoms with Crippen LogP contribution in [0.1, 0.15) is 29.7 Å². The van der Waals surface area contributed by atoms with E-state index >= 15 is 0 Å². The van der Waals surface area contributed by atoms with Crippen LogP contribution in [-0.4, -0.2) is 11.0 Å². The van der Waals surface area contributed by atoms with Crippen LogP contribution in [0.15, 0.2) is 36.5 Å². The normalized spacial score (nSPS) is 14.2. The number of rotatable bonds is 6. The van der Waals surface area contributed by atoms with Gasteiger partial charge in [0.1, 0.15) is 18.2 Å². The summed E-state index contributed by atoms with van der Waals surface area (Å²) in [6, 6.07) is 9.28. The average Bonchev–Trinajstić information content (AvgIpc) is 3.31. The van der Waals surface area contributed by atoms with E-state index in [2.05, 4.69) is 10.3 Å². The molecule has 4 heteroatoms. The molecule has 1 aliphatic rings. The topological polar surface area (TPSA) is 34.1 Å². The molecule has 0 amide bonds. The fourth-order valence-corrected chi connectivity index (χ4v) is 2.09. The second-order valence-corrected chi connectivity index (χ2v) is 5.50. The van der Waals surface area contributed by atoms with Gasteiger partial charge in [-0.25, -0.2) is 4.39 Å². The predicted molar refractivity (Wildman–Crippen MR) is 79.6 cm³/mol. The Morgan fingerprint density at radius 1 is 1.29 bits per heavy atom. The van der Waals surface area contributed by atoms with Crippen LogP contribution in [0.5, 0.6) is 5.75 Å². The van der Waals surface area contributed by atoms with Crippen molar-refractivity contribution in [3.05, 3.63) is 59.2 Å². The molecule has 1 fully saturated rings. The molecule has 1 aromatic heterocycles. The van der Waals surface area contributed by atoms with Crippen LogP contribution in [0.3, 0.4) is 0 Å². The summed E-state index contributed by atoms with van der Waals surface area (Å²) in [5.74, 6) is 0.465. The first-order valence-corrected chi connectivity index (χ1v) is 7.27. The second kappa shape index (κ2) is 6.22. The molecule has 0 spiro atoms. The molecule has 1 N–H and O–H groups in total. The van der Waals surface area contributed by atoms with E-state index in [-0.39, 0.29) is 5.82 Å². The third kappa shape index (κ3) is 4.02. The van der Waals surface area contributed by atoms with Gasteiger partial charge in [-0.2, -0.15) is 0 Å². The molecule has 0 atom stereocenters. The fourth-order valence-electron chi connectivity index (χ4n) is 2.09. The molecule has 1 aliphatic carbocycles. The molecule has 110 valence electrons. The van der Waals surface area contributed by atoms with Crippen molar-refractivity contribution < 1.29 is 9.13 Å². The number of aryl methyl sites for hydroxylation is 1. The zero-order valence-corrected chi connectivity index (χ0v) is 12.1. The molecule has 1 saturated carbocycles. The van der Waals surface area contributed by atoms with Gasteiger partial charge >= 0.3 is 0 Å². The molecule has 0 saturated heterocycles. The Morgan fingerprint density at radius 3 is 2.86 bits per heavy atom. The van der Waals surface area contributed by atoms with E-state index in [1.165, 1.54) is 25.0 Å². The molecule has 0 unspecified atom stereocenters. The van der Waals surface area contributed by atoms with Gasteiger partial charge in [-0.1, -0.05) is 6.07 Å². The maximum atomic E-state index is 13.2. The lowest BCUT2D eigenvalue weighted by Gasteiger charge is -2.09. The summed E-state index contributed by atoms with van der Waals surface area (Å²) in [6.07, 6.45) is 4.26. The van der Waals surface area contributed by atoms with Gasteiger partial charge < -0.3 is 10.1 Å². The quantitative estimate of drug-likeness (QED) is 0.884. The van der Waals surface area contributed by atoms with Crippen molar-refractivity contribution in [3.63, 3.8) is 0 Å². The highest BCUT2D eigenvalue weighted by atomic mass is 19.1. The first-order chi connectivity index (χ1) is 10.2. The Morgan fingerprint density at radius 2 is 2.14 bits per heavy atom. The summed E-state index contributed by atoms with van der Waals surface area (Å²) in [5, 5.41) is 3.42. The van der Waals surface area contributed by atoms with Crippen molar-refractivity contribution in [1.29, 1.82) is 0 Å². The van der Waals surface area contributed by atoms with Crippen molar-refractivity contribution in [2.45, 2.75) is 39.0 Å². The monoisotopic (exact) mass is 286 g/mol. The van der Waals surface area contributed by atoms with Gasteiger partial charge in [-0.05, 0) is 55.2 Å². The van der Waals surface area contributed by atoms with E-state index in [4.69, 9.17) is 4.74 Å². The van der Waals surface area contributed by atoms with E-state index in [1.54, 1.807) is 12.3 Å². The van der Waals surface area contributed by atoms with E-state index in [9.17, 15) is 4.39 Å². The summed E-state index contributed by atoms with van der Waals surface area (Å²) in [7, 11) is 0. The van der Waals surface area contributed by atoms with Crippen LogP contribution < -0.4 is 10.1 Å². The molecule has 1 heterocycles. The smallest absolute Gasteiger partial charge is 0.138 e. The van der Waals surface area contributed by atoms with Gasteiger partial charge in [0, 0.05) is 12.6 Å². The first-order valence-electron chi connectivity index (χ1n) is 7.27. The number of hydrogen-bond donors (Lipinski definition) is 1. The number of ether oxygens (including phenoxy) is 1. The summed E-state index contributed by atoms with van der Waals surface area (Å²) < 4.78 is 18.9. The molecule has 0 aliphatic heterocycles. The maximum absolute atomic E-state index is 13.2. The molecule has 2 aromatic rings. The fraction of sp³-hybridized carbons (Fsp3) is 0.353. The van der Waals surface area contributed by atoms with Crippen molar-refractivity contribution in [2.24, 2.45) is 0 Å². The Balaban J connectivity index is 1.55. The van der Waals surface area contributed by atoms with Crippen molar-refractivity contribution in [2.75, 3.05) is 0 Å². The Hall–Kier alpha value is -1.94. The number of nitrogens with zero attached hydrogens (tertiary/aromatic N) is 1. The summed E-state index contributed by atoms with van der Waals surface area (Å²) >= 11 is 0. The van der Waals surface area contributed by atoms with Crippen LogP contribution in [-0.2, 0) is 13.2 Å². The lowest BCUT2D eigenvalue weighted by atomic mass is 10.1. The maximum Gasteiger partial charge on any atom is 0.138 e. The first kappa shape index (κ1) is 14.0. The Bertz CT molecular complexity index is 609. The Labute approximate surface area is 124 Å². The molecular weight excluding hydrogens is 267 g/mol. The zero-order chi connectivity index (χ0) is 14.7. The number of halogens is 1. The van der Waals surface area contributed by atoms with E-state index in [0.29, 0.717) is 18.4 Å². The van der Waals surface area contributed by atoms with E-state index in [0.717, 1.165) is 23.4 Å². The number of benzene rings is 1. The van der Waals surface area contributed by atoms with Gasteiger partial charge in [0.05, 0.1) is 11.9 Å². The highest BCUT2D eigenvalue weighted by Crippen LogP contribution is 2.19. The number of nitrogens with one attached hydrogen (secondary N) is 1. The van der Waals surface area contributed by atoms with Crippen LogP contribution in [0.25, 0.3) is 0 Å². The van der Waals surface area contributed by atoms with Gasteiger partial charge in [-0.15, -0.1) is 0 Å². The van der Waals surface area contributed by atoms with Crippen LogP contribution in [0.2, 0.25) is 0 Å². The number of hydrogen-bond acceptors (Lipinski definition) is 3. The zero-order valence-electron chi connectivity index (χ0n) is 12.1. The highest BCUT2D eigenvalue weighted by molar-refractivity contribution is 5.27. The van der Waals surface area contributed by atoms with E-state index < -0.39 is 0 Å². The van der Waals surface area contributed by atoms with Crippen molar-refractivity contribution in [1.82, 2.24) is 10.3 Å². The second-order valence-electron chi connectivity index (χ2n) is 5.50. The summed E-state index contributed by atoms with van der Waals surface area (Å²) in [4.78, 5) is 4.37. The Kier molecular flexibility index (Phi) is 4.15. The molecule has 21 heavy (non-hydrogen) atoms. The van der Waals surface area contributed by atoms with Crippen molar-refractivity contribution >= 4 is 0 Å². The van der Waals surface area contributed by atoms with Gasteiger partial charge in [0.25, 0.3) is 0 Å². The standard InChI is InChI=1S/C17H19FN2O/c1-12-2-3-14(18)8-13(12)11-21-17-7-6-16(20-10-17)9-19-15-4-5-15/h2-3,6-8,10,15,19H,4-5,9,11H2,1H3. The van der Waals surface area contributed by atoms with Crippen LogP contribution >= 0.6 is 0 Å². The van der Waals surface area contributed by atoms with Crippen molar-refractivity contribution in [3.8, 4) is 5.75 Å². The minimum absolute atomic E-state index is 0.237. The number of aromatic nitrogens is 1. The van der Waals surface area contributed by atoms with Gasteiger partial charge in [0.2, 0.25) is 0 Å². The summed E-state index contributed by atoms with van der Waals surface area (Å²) in [6.45, 7) is 3.10. The molecule has 0 bridgehead atoms. The SMILES string of the molecule is Cc1ccc(F)cc1COc1ccc(CNC2CC2)nc1. The van der Waals surface area contributed by atoms with E-state index in [1.807, 2.05) is 19.1 Å².